The van der Waals surface area contributed by atoms with E-state index in [0.717, 1.165) is 16.8 Å². The normalized spacial score (nSPS) is 14.6. The van der Waals surface area contributed by atoms with Gasteiger partial charge in [0.2, 0.25) is 11.9 Å². The monoisotopic (exact) mass is 466 g/mol. The number of pyridine rings is 1. The fourth-order valence-corrected chi connectivity index (χ4v) is 3.60. The van der Waals surface area contributed by atoms with E-state index in [1.54, 1.807) is 48.8 Å². The number of carbonyl (C=O) groups excluding carboxylic acids is 2. The fraction of sp³-hybridized carbons (Fsp3) is 0.111. The van der Waals surface area contributed by atoms with E-state index in [0.29, 0.717) is 22.9 Å². The standard InChI is InChI=1S/C27H26N6O2/c1-4-25(34)30-21-9-11-22(12-10-21)31-26(35)19-8-7-18(2)23(16-19)32-27-29-15-13-24(33(27)3)20-6-5-14-28-17-20/h4-17,24H,1H2,2-3H3,(H,29,32)(H,30,34)(H,31,35). The molecule has 8 heteroatoms. The summed E-state index contributed by atoms with van der Waals surface area (Å²) in [5, 5.41) is 8.92. The van der Waals surface area contributed by atoms with Crippen molar-refractivity contribution in [1.29, 1.82) is 0 Å². The van der Waals surface area contributed by atoms with Gasteiger partial charge in [-0.05, 0) is 72.7 Å². The molecule has 1 aromatic heterocycles. The number of benzene rings is 2. The first-order chi connectivity index (χ1) is 16.9. The van der Waals surface area contributed by atoms with E-state index in [9.17, 15) is 9.59 Å². The van der Waals surface area contributed by atoms with Crippen LogP contribution in [0.15, 0.2) is 96.9 Å². The van der Waals surface area contributed by atoms with Crippen molar-refractivity contribution in [3.63, 3.8) is 0 Å². The number of aryl methyl sites for hydroxylation is 1. The number of anilines is 3. The van der Waals surface area contributed by atoms with E-state index >= 15 is 0 Å². The highest BCUT2D eigenvalue weighted by atomic mass is 16.2. The zero-order chi connectivity index (χ0) is 24.8. The number of hydrogen-bond donors (Lipinski definition) is 3. The van der Waals surface area contributed by atoms with Gasteiger partial charge in [0.05, 0.1) is 6.04 Å². The van der Waals surface area contributed by atoms with Crippen LogP contribution in [-0.2, 0) is 4.79 Å². The Kier molecular flexibility index (Phi) is 7.02. The van der Waals surface area contributed by atoms with Crippen molar-refractivity contribution < 1.29 is 9.59 Å². The minimum absolute atomic E-state index is 0.00489. The van der Waals surface area contributed by atoms with Crippen molar-refractivity contribution in [3.05, 3.63) is 109 Å². The Morgan fingerprint density at radius 3 is 2.49 bits per heavy atom. The molecule has 2 amide bonds. The van der Waals surface area contributed by atoms with Crippen LogP contribution in [0, 0.1) is 6.92 Å². The van der Waals surface area contributed by atoms with Gasteiger partial charge in [-0.3, -0.25) is 14.6 Å². The maximum atomic E-state index is 12.9. The smallest absolute Gasteiger partial charge is 0.255 e. The largest absolute Gasteiger partial charge is 0.335 e. The molecule has 0 saturated heterocycles. The Balaban J connectivity index is 1.46. The van der Waals surface area contributed by atoms with Gasteiger partial charge >= 0.3 is 0 Å². The quantitative estimate of drug-likeness (QED) is 0.456. The zero-order valence-electron chi connectivity index (χ0n) is 19.5. The van der Waals surface area contributed by atoms with Crippen molar-refractivity contribution >= 4 is 34.8 Å². The molecule has 1 unspecified atom stereocenters. The second kappa shape index (κ2) is 10.5. The molecule has 1 aliphatic rings. The number of hydrogen-bond acceptors (Lipinski definition) is 6. The summed E-state index contributed by atoms with van der Waals surface area (Å²) in [6.07, 6.45) is 8.56. The van der Waals surface area contributed by atoms with E-state index < -0.39 is 0 Å². The van der Waals surface area contributed by atoms with E-state index in [1.807, 2.05) is 49.3 Å². The molecule has 2 heterocycles. The summed E-state index contributed by atoms with van der Waals surface area (Å²) >= 11 is 0. The van der Waals surface area contributed by atoms with Gasteiger partial charge in [0, 0.05) is 48.3 Å². The maximum absolute atomic E-state index is 12.9. The molecular formula is C27H26N6O2. The maximum Gasteiger partial charge on any atom is 0.255 e. The zero-order valence-corrected chi connectivity index (χ0v) is 19.5. The van der Waals surface area contributed by atoms with Crippen LogP contribution in [0.4, 0.5) is 17.1 Å². The summed E-state index contributed by atoms with van der Waals surface area (Å²) in [4.78, 5) is 35.1. The number of carbonyl (C=O) groups is 2. The van der Waals surface area contributed by atoms with Crippen molar-refractivity contribution in [2.24, 2.45) is 4.99 Å². The molecule has 8 nitrogen and oxygen atoms in total. The van der Waals surface area contributed by atoms with Gasteiger partial charge in [-0.15, -0.1) is 0 Å². The average molecular weight is 467 g/mol. The second-order valence-electron chi connectivity index (χ2n) is 8.02. The van der Waals surface area contributed by atoms with Gasteiger partial charge in [0.1, 0.15) is 0 Å². The van der Waals surface area contributed by atoms with Crippen LogP contribution < -0.4 is 16.0 Å². The number of rotatable bonds is 6. The first-order valence-corrected chi connectivity index (χ1v) is 11.0. The van der Waals surface area contributed by atoms with Crippen molar-refractivity contribution in [2.75, 3.05) is 23.0 Å². The minimum Gasteiger partial charge on any atom is -0.335 e. The van der Waals surface area contributed by atoms with Crippen LogP contribution in [0.2, 0.25) is 0 Å². The highest BCUT2D eigenvalue weighted by molar-refractivity contribution is 6.06. The van der Waals surface area contributed by atoms with Crippen LogP contribution in [0.1, 0.15) is 27.5 Å². The Bertz CT molecular complexity index is 1300. The molecule has 0 bridgehead atoms. The molecule has 176 valence electrons. The Hall–Kier alpha value is -4.72. The van der Waals surface area contributed by atoms with Gasteiger partial charge in [-0.25, -0.2) is 4.99 Å². The lowest BCUT2D eigenvalue weighted by Crippen LogP contribution is -2.37. The molecule has 2 aromatic carbocycles. The summed E-state index contributed by atoms with van der Waals surface area (Å²) in [5.74, 6) is 0.124. The lowest BCUT2D eigenvalue weighted by atomic mass is 10.1. The highest BCUT2D eigenvalue weighted by Gasteiger charge is 2.21. The molecular weight excluding hydrogens is 440 g/mol. The predicted molar refractivity (Wildman–Crippen MR) is 139 cm³/mol. The minimum atomic E-state index is -0.295. The van der Waals surface area contributed by atoms with E-state index in [4.69, 9.17) is 0 Å². The highest BCUT2D eigenvalue weighted by Crippen LogP contribution is 2.25. The van der Waals surface area contributed by atoms with Crippen molar-refractivity contribution in [2.45, 2.75) is 13.0 Å². The topological polar surface area (TPSA) is 98.7 Å². The number of amides is 2. The van der Waals surface area contributed by atoms with Crippen LogP contribution in [-0.4, -0.2) is 34.7 Å². The number of aliphatic imine (C=N–C) groups is 1. The summed E-state index contributed by atoms with van der Waals surface area (Å²) in [6.45, 7) is 5.40. The molecule has 35 heavy (non-hydrogen) atoms. The number of likely N-dealkylation sites (N-methyl/N-ethyl adjacent to an activating group) is 1. The Morgan fingerprint density at radius 2 is 1.80 bits per heavy atom. The van der Waals surface area contributed by atoms with Gasteiger partial charge in [-0.1, -0.05) is 18.7 Å². The van der Waals surface area contributed by atoms with E-state index in [-0.39, 0.29) is 17.9 Å². The molecule has 1 atom stereocenters. The summed E-state index contributed by atoms with van der Waals surface area (Å²) < 4.78 is 0. The molecule has 0 aliphatic carbocycles. The summed E-state index contributed by atoms with van der Waals surface area (Å²) in [5.41, 5.74) is 4.55. The lowest BCUT2D eigenvalue weighted by Gasteiger charge is -2.31. The third-order valence-electron chi connectivity index (χ3n) is 5.58. The third kappa shape index (κ3) is 5.62. The summed E-state index contributed by atoms with van der Waals surface area (Å²) in [6, 6.07) is 16.3. The molecule has 4 rings (SSSR count). The summed E-state index contributed by atoms with van der Waals surface area (Å²) in [7, 11) is 1.96. The first-order valence-electron chi connectivity index (χ1n) is 11.0. The molecule has 0 saturated carbocycles. The Labute approximate surface area is 204 Å². The number of nitrogens with zero attached hydrogens (tertiary/aromatic N) is 3. The molecule has 3 aromatic rings. The van der Waals surface area contributed by atoms with Crippen molar-refractivity contribution in [3.8, 4) is 0 Å². The lowest BCUT2D eigenvalue weighted by molar-refractivity contribution is -0.111. The number of nitrogens with one attached hydrogen (secondary N) is 3. The predicted octanol–water partition coefficient (Wildman–Crippen LogP) is 4.74. The third-order valence-corrected chi connectivity index (χ3v) is 5.58. The molecule has 3 N–H and O–H groups in total. The van der Waals surface area contributed by atoms with Gasteiger partial charge in [-0.2, -0.15) is 0 Å². The van der Waals surface area contributed by atoms with Crippen LogP contribution in [0.3, 0.4) is 0 Å². The second-order valence-corrected chi connectivity index (χ2v) is 8.02. The average Bonchev–Trinajstić information content (AvgIpc) is 2.88. The van der Waals surface area contributed by atoms with Gasteiger partial charge < -0.3 is 20.9 Å². The van der Waals surface area contributed by atoms with E-state index in [2.05, 4.69) is 32.5 Å². The molecule has 0 fully saturated rings. The van der Waals surface area contributed by atoms with Crippen LogP contribution in [0.5, 0.6) is 0 Å². The van der Waals surface area contributed by atoms with Crippen LogP contribution in [0.25, 0.3) is 0 Å². The molecule has 0 spiro atoms. The Morgan fingerprint density at radius 1 is 1.06 bits per heavy atom. The number of guanidine groups is 1. The number of aromatic nitrogens is 1. The van der Waals surface area contributed by atoms with Crippen LogP contribution >= 0.6 is 0 Å². The molecule has 1 aliphatic heterocycles. The molecule has 0 radical (unpaired) electrons. The fourth-order valence-electron chi connectivity index (χ4n) is 3.60. The SMILES string of the molecule is C=CC(=O)Nc1ccc(NC(=O)c2ccc(C)c(NC3=NC=CC(c4cccnc4)N3C)c2)cc1. The van der Waals surface area contributed by atoms with Crippen molar-refractivity contribution in [1.82, 2.24) is 9.88 Å². The van der Waals surface area contributed by atoms with Gasteiger partial charge in [0.25, 0.3) is 5.91 Å². The van der Waals surface area contributed by atoms with Gasteiger partial charge in [0.15, 0.2) is 0 Å². The van der Waals surface area contributed by atoms with E-state index in [1.165, 1.54) is 6.08 Å². The first kappa shape index (κ1) is 23.4.